The van der Waals surface area contributed by atoms with Crippen LogP contribution in [0.15, 0.2) is 18.3 Å². The van der Waals surface area contributed by atoms with Crippen molar-refractivity contribution >= 4 is 21.8 Å². The Balaban J connectivity index is 1.84. The van der Waals surface area contributed by atoms with Gasteiger partial charge >= 0.3 is 16.8 Å². The number of hydrogen-bond donors (Lipinski definition) is 2. The number of amides is 1. The van der Waals surface area contributed by atoms with Gasteiger partial charge < -0.3 is 5.11 Å². The van der Waals surface area contributed by atoms with Crippen molar-refractivity contribution in [3.05, 3.63) is 30.0 Å². The lowest BCUT2D eigenvalue weighted by atomic mass is 10.1. The molecule has 2 aliphatic rings. The fourth-order valence-electron chi connectivity index (χ4n) is 3.08. The Bertz CT molecular complexity index is 1130. The van der Waals surface area contributed by atoms with E-state index in [9.17, 15) is 35.9 Å². The molecule has 1 aliphatic carbocycles. The quantitative estimate of drug-likeness (QED) is 0.712. The lowest BCUT2D eigenvalue weighted by Gasteiger charge is -2.18. The minimum atomic E-state index is -4.48. The van der Waals surface area contributed by atoms with Gasteiger partial charge in [-0.1, -0.05) is 0 Å². The molecule has 14 heteroatoms. The van der Waals surface area contributed by atoms with E-state index in [0.717, 1.165) is 12.1 Å². The highest BCUT2D eigenvalue weighted by atomic mass is 32.2. The Kier molecular flexibility index (Phi) is 4.05. The van der Waals surface area contributed by atoms with Crippen molar-refractivity contribution < 1.29 is 40.3 Å². The van der Waals surface area contributed by atoms with E-state index in [-0.39, 0.29) is 8.87 Å². The molecule has 0 bridgehead atoms. The molecule has 2 aromatic rings. The number of imidazole rings is 1. The second-order valence-corrected chi connectivity index (χ2v) is 8.11. The normalized spacial score (nSPS) is 22.2. The number of anilines is 1. The van der Waals surface area contributed by atoms with Crippen molar-refractivity contribution in [2.75, 3.05) is 10.8 Å². The number of aromatic hydroxyl groups is 1. The lowest BCUT2D eigenvalue weighted by Crippen LogP contribution is -2.30. The number of carbonyl (C=O) groups is 1. The highest BCUT2D eigenvalue weighted by molar-refractivity contribution is 7.92. The molecule has 0 radical (unpaired) electrons. The highest BCUT2D eigenvalue weighted by Crippen LogP contribution is 2.56. The average molecular weight is 438 g/mol. The molecular weight excluding hydrogens is 427 g/mol. The molecule has 0 spiro atoms. The van der Waals surface area contributed by atoms with Gasteiger partial charge in [-0.15, -0.1) is 0 Å². The SMILES string of the molecule is O=C1CN(c2c(O)ccc(-c3cn(C(F)F)c(C4CC4(F)F)n3)c2F)S(=O)(=O)N1. The molecule has 2 N–H and O–H groups in total. The molecule has 1 aromatic carbocycles. The Morgan fingerprint density at radius 2 is 1.97 bits per heavy atom. The number of nitrogens with one attached hydrogen (secondary N) is 1. The number of carbonyl (C=O) groups excluding carboxylic acids is 1. The largest absolute Gasteiger partial charge is 0.506 e. The third-order valence-corrected chi connectivity index (χ3v) is 5.93. The molecule has 2 heterocycles. The Morgan fingerprint density at radius 3 is 2.48 bits per heavy atom. The van der Waals surface area contributed by atoms with E-state index in [4.69, 9.17) is 0 Å². The van der Waals surface area contributed by atoms with Crippen LogP contribution in [0, 0.1) is 5.82 Å². The second-order valence-electron chi connectivity index (χ2n) is 6.52. The van der Waals surface area contributed by atoms with Crippen LogP contribution >= 0.6 is 0 Å². The number of rotatable bonds is 4. The van der Waals surface area contributed by atoms with E-state index in [0.29, 0.717) is 6.20 Å². The van der Waals surface area contributed by atoms with Crippen LogP contribution < -0.4 is 9.03 Å². The highest BCUT2D eigenvalue weighted by Gasteiger charge is 2.60. The number of aromatic nitrogens is 2. The molecule has 1 atom stereocenters. The maximum Gasteiger partial charge on any atom is 0.326 e. The first-order valence-electron chi connectivity index (χ1n) is 8.02. The minimum absolute atomic E-state index is 0.185. The summed E-state index contributed by atoms with van der Waals surface area (Å²) in [6, 6.07) is 1.80. The molecule has 2 fully saturated rings. The Labute approximate surface area is 159 Å². The first-order valence-corrected chi connectivity index (χ1v) is 9.46. The zero-order chi connectivity index (χ0) is 21.3. The number of alkyl halides is 4. The molecule has 1 unspecified atom stereocenters. The maximum atomic E-state index is 15.1. The summed E-state index contributed by atoms with van der Waals surface area (Å²) in [5, 5.41) is 9.93. The molecule has 4 rings (SSSR count). The van der Waals surface area contributed by atoms with Gasteiger partial charge in [0.05, 0.1) is 11.6 Å². The van der Waals surface area contributed by atoms with Gasteiger partial charge in [-0.2, -0.15) is 17.2 Å². The summed E-state index contributed by atoms with van der Waals surface area (Å²) >= 11 is 0. The first-order chi connectivity index (χ1) is 13.4. The van der Waals surface area contributed by atoms with E-state index in [1.807, 2.05) is 0 Å². The topological polar surface area (TPSA) is 105 Å². The number of hydrogen-bond acceptors (Lipinski definition) is 5. The van der Waals surface area contributed by atoms with Gasteiger partial charge in [-0.3, -0.25) is 9.36 Å². The van der Waals surface area contributed by atoms with Crippen molar-refractivity contribution in [3.8, 4) is 17.0 Å². The summed E-state index contributed by atoms with van der Waals surface area (Å²) in [4.78, 5) is 15.1. The molecular formula is C15H11F5N4O4S. The van der Waals surface area contributed by atoms with Crippen molar-refractivity contribution in [3.63, 3.8) is 0 Å². The van der Waals surface area contributed by atoms with Crippen LogP contribution in [-0.2, 0) is 15.0 Å². The molecule has 8 nitrogen and oxygen atoms in total. The molecule has 1 amide bonds. The number of phenolic OH excluding ortho intramolecular Hbond substituents is 1. The summed E-state index contributed by atoms with van der Waals surface area (Å²) in [5.74, 6) is -8.59. The smallest absolute Gasteiger partial charge is 0.326 e. The lowest BCUT2D eigenvalue weighted by molar-refractivity contribution is -0.117. The van der Waals surface area contributed by atoms with Gasteiger partial charge in [-0.05, 0) is 12.1 Å². The Hall–Kier alpha value is -2.90. The van der Waals surface area contributed by atoms with E-state index in [2.05, 4.69) is 4.98 Å². The standard InChI is InChI=1S/C15H11F5N4O4S/c16-11-6(1-2-9(25)12(11)24-5-10(26)22-29(24,27)28)8-4-23(14(17)18)13(21-8)7-3-15(7,19)20/h1-2,4,7,14,25H,3,5H2,(H,22,26). The molecule has 1 saturated heterocycles. The second kappa shape index (κ2) is 6.05. The first kappa shape index (κ1) is 19.4. The van der Waals surface area contributed by atoms with Crippen LogP contribution in [0.5, 0.6) is 5.75 Å². The third kappa shape index (κ3) is 3.07. The summed E-state index contributed by atoms with van der Waals surface area (Å²) in [7, 11) is -4.48. The molecule has 156 valence electrons. The van der Waals surface area contributed by atoms with Gasteiger partial charge in [0.2, 0.25) is 0 Å². The zero-order valence-electron chi connectivity index (χ0n) is 14.1. The predicted molar refractivity (Wildman–Crippen MR) is 87.3 cm³/mol. The van der Waals surface area contributed by atoms with Crippen molar-refractivity contribution in [1.29, 1.82) is 0 Å². The van der Waals surface area contributed by atoms with Crippen molar-refractivity contribution in [2.45, 2.75) is 24.8 Å². The molecule has 1 aliphatic heterocycles. The predicted octanol–water partition coefficient (Wildman–Crippen LogP) is 2.09. The van der Waals surface area contributed by atoms with Crippen LogP contribution in [0.2, 0.25) is 0 Å². The third-order valence-electron chi connectivity index (χ3n) is 4.55. The van der Waals surface area contributed by atoms with Crippen LogP contribution in [0.25, 0.3) is 11.3 Å². The summed E-state index contributed by atoms with van der Waals surface area (Å²) < 4.78 is 94.2. The summed E-state index contributed by atoms with van der Waals surface area (Å²) in [6.45, 7) is -4.04. The fraction of sp³-hybridized carbons (Fsp3) is 0.333. The van der Waals surface area contributed by atoms with Gasteiger partial charge in [0.15, 0.2) is 5.82 Å². The monoisotopic (exact) mass is 438 g/mol. The fourth-order valence-corrected chi connectivity index (χ4v) is 4.24. The van der Waals surface area contributed by atoms with Crippen LogP contribution in [0.4, 0.5) is 27.6 Å². The summed E-state index contributed by atoms with van der Waals surface area (Å²) in [5.41, 5.74) is -1.87. The number of nitrogens with zero attached hydrogens (tertiary/aromatic N) is 3. The van der Waals surface area contributed by atoms with Crippen molar-refractivity contribution in [2.24, 2.45) is 0 Å². The van der Waals surface area contributed by atoms with Gasteiger partial charge in [0.25, 0.3) is 11.8 Å². The maximum absolute atomic E-state index is 15.1. The van der Waals surface area contributed by atoms with Crippen molar-refractivity contribution in [1.82, 2.24) is 14.3 Å². The number of benzene rings is 1. The average Bonchev–Trinajstić information content (AvgIpc) is 2.93. The van der Waals surface area contributed by atoms with Crippen LogP contribution in [0.3, 0.4) is 0 Å². The zero-order valence-corrected chi connectivity index (χ0v) is 14.9. The van der Waals surface area contributed by atoms with Crippen LogP contribution in [0.1, 0.15) is 24.7 Å². The van der Waals surface area contributed by atoms with E-state index in [1.165, 1.54) is 0 Å². The van der Waals surface area contributed by atoms with Gasteiger partial charge in [0.1, 0.15) is 23.8 Å². The molecule has 1 saturated carbocycles. The number of phenols is 1. The molecule has 29 heavy (non-hydrogen) atoms. The van der Waals surface area contributed by atoms with E-state index >= 15 is 4.39 Å². The molecule has 1 aromatic heterocycles. The van der Waals surface area contributed by atoms with E-state index in [1.54, 1.807) is 4.72 Å². The Morgan fingerprint density at radius 1 is 1.31 bits per heavy atom. The van der Waals surface area contributed by atoms with Gasteiger partial charge in [0, 0.05) is 18.2 Å². The number of halogens is 5. The van der Waals surface area contributed by atoms with Crippen LogP contribution in [-0.4, -0.2) is 41.4 Å². The van der Waals surface area contributed by atoms with E-state index < -0.39 is 81.8 Å². The van der Waals surface area contributed by atoms with Gasteiger partial charge in [-0.25, -0.2) is 27.2 Å². The summed E-state index contributed by atoms with van der Waals surface area (Å²) in [6.07, 6.45) is -0.0190. The minimum Gasteiger partial charge on any atom is -0.506 e.